The largest absolute Gasteiger partial charge is 0.480 e. The number of rotatable bonds is 4. The Balaban J connectivity index is 2.83. The van der Waals surface area contributed by atoms with Gasteiger partial charge in [0.1, 0.15) is 4.75 Å². The van der Waals surface area contributed by atoms with Crippen molar-refractivity contribution in [1.82, 2.24) is 9.55 Å². The highest BCUT2D eigenvalue weighted by molar-refractivity contribution is 8.01. The molecule has 1 aromatic rings. The second-order valence-electron chi connectivity index (χ2n) is 3.41. The first kappa shape index (κ1) is 11.1. The van der Waals surface area contributed by atoms with Gasteiger partial charge >= 0.3 is 5.97 Å². The molecule has 4 nitrogen and oxygen atoms in total. The number of carbonyl (C=O) groups is 1. The van der Waals surface area contributed by atoms with E-state index in [1.54, 1.807) is 20.0 Å². The molecule has 78 valence electrons. The maximum Gasteiger partial charge on any atom is 0.319 e. The number of imidazole rings is 1. The van der Waals surface area contributed by atoms with E-state index in [1.165, 1.54) is 11.8 Å². The molecule has 0 aliphatic heterocycles. The van der Waals surface area contributed by atoms with Gasteiger partial charge in [0.05, 0.1) is 0 Å². The summed E-state index contributed by atoms with van der Waals surface area (Å²) in [6, 6.07) is 0. The van der Waals surface area contributed by atoms with Crippen molar-refractivity contribution in [3.05, 3.63) is 12.4 Å². The molecule has 0 saturated carbocycles. The third-order valence-electron chi connectivity index (χ3n) is 1.88. The van der Waals surface area contributed by atoms with Crippen molar-refractivity contribution in [3.63, 3.8) is 0 Å². The van der Waals surface area contributed by atoms with Crippen LogP contribution in [0.15, 0.2) is 17.6 Å². The molecule has 0 unspecified atom stereocenters. The number of thioether (sulfide) groups is 1. The topological polar surface area (TPSA) is 55.1 Å². The minimum Gasteiger partial charge on any atom is -0.480 e. The molecule has 1 rings (SSSR count). The van der Waals surface area contributed by atoms with Crippen LogP contribution in [-0.4, -0.2) is 25.4 Å². The maximum absolute atomic E-state index is 10.9. The number of hydrogen-bond acceptors (Lipinski definition) is 3. The van der Waals surface area contributed by atoms with Crippen LogP contribution < -0.4 is 0 Å². The average Bonchev–Trinajstić information content (AvgIpc) is 2.50. The fourth-order valence-electron chi connectivity index (χ4n) is 0.913. The molecule has 1 aromatic heterocycles. The molecular formula is C9H14N2O2S. The van der Waals surface area contributed by atoms with Crippen LogP contribution in [0.1, 0.15) is 20.8 Å². The van der Waals surface area contributed by atoms with E-state index in [-0.39, 0.29) is 0 Å². The van der Waals surface area contributed by atoms with Crippen LogP contribution in [0.25, 0.3) is 0 Å². The monoisotopic (exact) mass is 214 g/mol. The Morgan fingerprint density at radius 3 is 2.86 bits per heavy atom. The first-order chi connectivity index (χ1) is 6.47. The zero-order valence-corrected chi connectivity index (χ0v) is 9.34. The third-order valence-corrected chi connectivity index (χ3v) is 3.09. The van der Waals surface area contributed by atoms with Crippen LogP contribution in [0.3, 0.4) is 0 Å². The summed E-state index contributed by atoms with van der Waals surface area (Å²) in [6.45, 7) is 6.15. The van der Waals surface area contributed by atoms with Gasteiger partial charge in [-0.3, -0.25) is 4.79 Å². The third kappa shape index (κ3) is 2.29. The average molecular weight is 214 g/mol. The van der Waals surface area contributed by atoms with Crippen molar-refractivity contribution in [2.75, 3.05) is 0 Å². The Hall–Kier alpha value is -0.970. The minimum atomic E-state index is -0.835. The Bertz CT molecular complexity index is 333. The van der Waals surface area contributed by atoms with E-state index in [9.17, 15) is 4.79 Å². The van der Waals surface area contributed by atoms with Crippen molar-refractivity contribution in [2.24, 2.45) is 0 Å². The lowest BCUT2D eigenvalue weighted by atomic mass is 10.2. The lowest BCUT2D eigenvalue weighted by molar-refractivity contribution is -0.138. The standard InChI is InChI=1S/C9H14N2O2S/c1-4-11-6-5-10-8(11)14-9(2,3)7(12)13/h5-6H,4H2,1-3H3,(H,12,13). The van der Waals surface area contributed by atoms with E-state index >= 15 is 0 Å². The van der Waals surface area contributed by atoms with E-state index < -0.39 is 10.7 Å². The summed E-state index contributed by atoms with van der Waals surface area (Å²) >= 11 is 1.26. The van der Waals surface area contributed by atoms with Gasteiger partial charge in [-0.15, -0.1) is 0 Å². The van der Waals surface area contributed by atoms with E-state index in [2.05, 4.69) is 4.98 Å². The molecule has 0 aromatic carbocycles. The minimum absolute atomic E-state index is 0.750. The summed E-state index contributed by atoms with van der Waals surface area (Å²) in [5.41, 5.74) is 0. The van der Waals surface area contributed by atoms with E-state index in [0.717, 1.165) is 11.7 Å². The Kier molecular flexibility index (Phi) is 3.21. The van der Waals surface area contributed by atoms with Gasteiger partial charge in [0.15, 0.2) is 5.16 Å². The maximum atomic E-state index is 10.9. The summed E-state index contributed by atoms with van der Waals surface area (Å²) < 4.78 is 1.09. The molecule has 0 aliphatic rings. The molecule has 0 fully saturated rings. The molecule has 1 heterocycles. The molecule has 5 heteroatoms. The second kappa shape index (κ2) is 4.04. The molecule has 0 bridgehead atoms. The number of aliphatic carboxylic acids is 1. The summed E-state index contributed by atoms with van der Waals surface area (Å²) in [6.07, 6.45) is 3.53. The van der Waals surface area contributed by atoms with Gasteiger partial charge in [-0.05, 0) is 20.8 Å². The smallest absolute Gasteiger partial charge is 0.319 e. The number of aryl methyl sites for hydroxylation is 1. The number of nitrogens with zero attached hydrogens (tertiary/aromatic N) is 2. The number of carboxylic acid groups (broad SMARTS) is 1. The normalized spacial score (nSPS) is 11.6. The molecule has 0 amide bonds. The van der Waals surface area contributed by atoms with Crippen LogP contribution in [0.4, 0.5) is 0 Å². The number of aromatic nitrogens is 2. The zero-order chi connectivity index (χ0) is 10.8. The molecule has 0 radical (unpaired) electrons. The fourth-order valence-corrected chi connectivity index (χ4v) is 1.88. The summed E-state index contributed by atoms with van der Waals surface area (Å²) in [5.74, 6) is -0.826. The van der Waals surface area contributed by atoms with E-state index in [0.29, 0.717) is 0 Å². The lowest BCUT2D eigenvalue weighted by Gasteiger charge is -2.17. The molecule has 0 aliphatic carbocycles. The zero-order valence-electron chi connectivity index (χ0n) is 8.52. The fraction of sp³-hybridized carbons (Fsp3) is 0.556. The SMILES string of the molecule is CCn1ccnc1SC(C)(C)C(=O)O. The highest BCUT2D eigenvalue weighted by Crippen LogP contribution is 2.31. The Morgan fingerprint density at radius 1 is 1.71 bits per heavy atom. The first-order valence-electron chi connectivity index (χ1n) is 4.41. The van der Waals surface area contributed by atoms with Crippen LogP contribution in [-0.2, 0) is 11.3 Å². The van der Waals surface area contributed by atoms with Gasteiger partial charge in [0, 0.05) is 18.9 Å². The van der Waals surface area contributed by atoms with Crippen molar-refractivity contribution < 1.29 is 9.90 Å². The van der Waals surface area contributed by atoms with Crippen LogP contribution in [0.2, 0.25) is 0 Å². The Labute approximate surface area is 87.3 Å². The Morgan fingerprint density at radius 2 is 2.36 bits per heavy atom. The molecule has 1 N–H and O–H groups in total. The molecule has 0 spiro atoms. The van der Waals surface area contributed by atoms with Crippen molar-refractivity contribution >= 4 is 17.7 Å². The number of carboxylic acids is 1. The molecule has 0 saturated heterocycles. The summed E-state index contributed by atoms with van der Waals surface area (Å²) in [5, 5.41) is 9.70. The van der Waals surface area contributed by atoms with E-state index in [4.69, 9.17) is 5.11 Å². The highest BCUT2D eigenvalue weighted by atomic mass is 32.2. The molecular weight excluding hydrogens is 200 g/mol. The molecule has 14 heavy (non-hydrogen) atoms. The van der Waals surface area contributed by atoms with Crippen LogP contribution in [0, 0.1) is 0 Å². The summed E-state index contributed by atoms with van der Waals surface area (Å²) in [4.78, 5) is 15.0. The van der Waals surface area contributed by atoms with Gasteiger partial charge in [-0.25, -0.2) is 4.98 Å². The second-order valence-corrected chi connectivity index (χ2v) is 5.00. The lowest BCUT2D eigenvalue weighted by Crippen LogP contribution is -2.27. The van der Waals surface area contributed by atoms with E-state index in [1.807, 2.05) is 17.7 Å². The first-order valence-corrected chi connectivity index (χ1v) is 5.22. The van der Waals surface area contributed by atoms with Crippen molar-refractivity contribution in [3.8, 4) is 0 Å². The molecule has 0 atom stereocenters. The van der Waals surface area contributed by atoms with Crippen molar-refractivity contribution in [2.45, 2.75) is 37.2 Å². The van der Waals surface area contributed by atoms with Crippen LogP contribution in [0.5, 0.6) is 0 Å². The van der Waals surface area contributed by atoms with Gasteiger partial charge < -0.3 is 9.67 Å². The highest BCUT2D eigenvalue weighted by Gasteiger charge is 2.30. The predicted molar refractivity (Wildman–Crippen MR) is 55.5 cm³/mol. The summed E-state index contributed by atoms with van der Waals surface area (Å²) in [7, 11) is 0. The number of hydrogen-bond donors (Lipinski definition) is 1. The van der Waals surface area contributed by atoms with Crippen LogP contribution >= 0.6 is 11.8 Å². The van der Waals surface area contributed by atoms with Gasteiger partial charge in [-0.1, -0.05) is 11.8 Å². The van der Waals surface area contributed by atoms with Gasteiger partial charge in [0.25, 0.3) is 0 Å². The van der Waals surface area contributed by atoms with Gasteiger partial charge in [0.2, 0.25) is 0 Å². The predicted octanol–water partition coefficient (Wildman–Crippen LogP) is 1.86. The van der Waals surface area contributed by atoms with Gasteiger partial charge in [-0.2, -0.15) is 0 Å². The quantitative estimate of drug-likeness (QED) is 0.777. The van der Waals surface area contributed by atoms with Crippen molar-refractivity contribution in [1.29, 1.82) is 0 Å².